The smallest absolute Gasteiger partial charge is 0.305 e. The van der Waals surface area contributed by atoms with Crippen molar-refractivity contribution in [3.05, 3.63) is 63.3 Å². The molecule has 0 aliphatic heterocycles. The van der Waals surface area contributed by atoms with Crippen molar-refractivity contribution < 1.29 is 24.6 Å². The molecule has 0 fully saturated rings. The monoisotopic (exact) mass is 462 g/mol. The van der Waals surface area contributed by atoms with Crippen molar-refractivity contribution in [1.29, 1.82) is 0 Å². The Kier molecular flexibility index (Phi) is 6.87. The van der Waals surface area contributed by atoms with E-state index in [4.69, 9.17) is 28.3 Å². The summed E-state index contributed by atoms with van der Waals surface area (Å²) in [5.74, 6) is -1.56. The molecular formula is C22H20Cl2N2O5. The van der Waals surface area contributed by atoms with Crippen LogP contribution in [0.2, 0.25) is 10.0 Å². The maximum Gasteiger partial charge on any atom is 0.305 e. The maximum atomic E-state index is 13.3. The van der Waals surface area contributed by atoms with Gasteiger partial charge in [-0.2, -0.15) is 0 Å². The van der Waals surface area contributed by atoms with Crippen LogP contribution in [0.5, 0.6) is 5.75 Å². The summed E-state index contributed by atoms with van der Waals surface area (Å²) >= 11 is 12.0. The predicted octanol–water partition coefficient (Wildman–Crippen LogP) is 4.17. The minimum Gasteiger partial charge on any atom is -0.508 e. The normalized spacial score (nSPS) is 10.9. The first-order valence-electron chi connectivity index (χ1n) is 9.50. The largest absolute Gasteiger partial charge is 0.508 e. The number of aromatic nitrogens is 1. The molecule has 0 atom stereocenters. The highest BCUT2D eigenvalue weighted by molar-refractivity contribution is 6.42. The third kappa shape index (κ3) is 5.00. The van der Waals surface area contributed by atoms with E-state index >= 15 is 0 Å². The van der Waals surface area contributed by atoms with Crippen molar-refractivity contribution in [3.8, 4) is 5.75 Å². The standard InChI is InChI=1S/C22H20Cl2N2O5/c1-12-15(4-7-20(28)25-9-8-21(29)30)16-11-14(27)3-6-19(16)26(12)22(31)13-2-5-17(23)18(24)10-13/h2-3,5-6,10-11,27H,4,7-9H2,1H3,(H,25,28)(H,29,30). The van der Waals surface area contributed by atoms with Gasteiger partial charge in [0.1, 0.15) is 5.75 Å². The zero-order chi connectivity index (χ0) is 22.7. The summed E-state index contributed by atoms with van der Waals surface area (Å²) in [6.45, 7) is 1.82. The van der Waals surface area contributed by atoms with Crippen molar-refractivity contribution in [2.75, 3.05) is 6.54 Å². The van der Waals surface area contributed by atoms with E-state index in [1.54, 1.807) is 31.2 Å². The van der Waals surface area contributed by atoms with Gasteiger partial charge in [0.25, 0.3) is 5.91 Å². The Labute approximate surface area is 188 Å². The van der Waals surface area contributed by atoms with E-state index < -0.39 is 5.97 Å². The topological polar surface area (TPSA) is 109 Å². The zero-order valence-corrected chi connectivity index (χ0v) is 18.1. The number of carbonyl (C=O) groups is 3. The molecule has 3 rings (SSSR count). The second kappa shape index (κ2) is 9.41. The summed E-state index contributed by atoms with van der Waals surface area (Å²) in [5, 5.41) is 22.5. The number of amides is 1. The van der Waals surface area contributed by atoms with Gasteiger partial charge < -0.3 is 15.5 Å². The van der Waals surface area contributed by atoms with Gasteiger partial charge in [-0.15, -0.1) is 0 Å². The lowest BCUT2D eigenvalue weighted by molar-refractivity contribution is -0.136. The first-order valence-corrected chi connectivity index (χ1v) is 10.3. The molecule has 3 N–H and O–H groups in total. The number of aromatic hydroxyl groups is 1. The van der Waals surface area contributed by atoms with Crippen molar-refractivity contribution >= 4 is 51.9 Å². The van der Waals surface area contributed by atoms with Crippen LogP contribution in [0.4, 0.5) is 0 Å². The fourth-order valence-corrected chi connectivity index (χ4v) is 3.74. The number of phenolic OH excluding ortho intramolecular Hbond substituents is 1. The van der Waals surface area contributed by atoms with Gasteiger partial charge in [-0.1, -0.05) is 23.2 Å². The number of fused-ring (bicyclic) bond motifs is 1. The number of rotatable bonds is 7. The van der Waals surface area contributed by atoms with E-state index in [0.29, 0.717) is 33.6 Å². The average Bonchev–Trinajstić information content (AvgIpc) is 2.98. The van der Waals surface area contributed by atoms with E-state index in [9.17, 15) is 19.5 Å². The van der Waals surface area contributed by atoms with Gasteiger partial charge >= 0.3 is 5.97 Å². The van der Waals surface area contributed by atoms with Crippen LogP contribution in [0.1, 0.15) is 34.5 Å². The van der Waals surface area contributed by atoms with Gasteiger partial charge in [-0.3, -0.25) is 19.0 Å². The fourth-order valence-electron chi connectivity index (χ4n) is 3.44. The molecule has 1 amide bonds. The highest BCUT2D eigenvalue weighted by Crippen LogP contribution is 2.31. The SMILES string of the molecule is Cc1c(CCC(=O)NCCC(=O)O)c2cc(O)ccc2n1C(=O)c1ccc(Cl)c(Cl)c1. The number of halogens is 2. The number of benzene rings is 2. The van der Waals surface area contributed by atoms with Crippen molar-refractivity contribution in [3.63, 3.8) is 0 Å². The first kappa shape index (κ1) is 22.7. The zero-order valence-electron chi connectivity index (χ0n) is 16.6. The molecule has 0 spiro atoms. The number of hydrogen-bond donors (Lipinski definition) is 3. The Bertz CT molecular complexity index is 1190. The summed E-state index contributed by atoms with van der Waals surface area (Å²) in [6.07, 6.45) is 0.263. The molecule has 9 heteroatoms. The van der Waals surface area contributed by atoms with Gasteiger partial charge in [-0.05, 0) is 55.3 Å². The van der Waals surface area contributed by atoms with Crippen LogP contribution in [0.3, 0.4) is 0 Å². The summed E-state index contributed by atoms with van der Waals surface area (Å²) in [7, 11) is 0. The minimum atomic E-state index is -0.990. The van der Waals surface area contributed by atoms with Crippen LogP contribution < -0.4 is 5.32 Å². The van der Waals surface area contributed by atoms with E-state index in [2.05, 4.69) is 5.32 Å². The van der Waals surface area contributed by atoms with Crippen LogP contribution in [-0.2, 0) is 16.0 Å². The Morgan fingerprint density at radius 3 is 2.45 bits per heavy atom. The average molecular weight is 463 g/mol. The van der Waals surface area contributed by atoms with Gasteiger partial charge in [0.05, 0.1) is 22.0 Å². The Morgan fingerprint density at radius 1 is 1.03 bits per heavy atom. The van der Waals surface area contributed by atoms with E-state index in [-0.39, 0.29) is 42.0 Å². The third-order valence-electron chi connectivity index (χ3n) is 4.95. The van der Waals surface area contributed by atoms with Crippen LogP contribution in [0.15, 0.2) is 36.4 Å². The predicted molar refractivity (Wildman–Crippen MR) is 118 cm³/mol. The number of aliphatic carboxylic acids is 1. The Hall–Kier alpha value is -3.03. The summed E-state index contributed by atoms with van der Waals surface area (Å²) in [5.41, 5.74) is 2.32. The van der Waals surface area contributed by atoms with Gasteiger partial charge in [0, 0.05) is 29.6 Å². The highest BCUT2D eigenvalue weighted by atomic mass is 35.5. The minimum absolute atomic E-state index is 0.0406. The van der Waals surface area contributed by atoms with Crippen molar-refractivity contribution in [2.45, 2.75) is 26.2 Å². The number of carboxylic acid groups (broad SMARTS) is 1. The van der Waals surface area contributed by atoms with E-state index in [1.807, 2.05) is 0 Å². The van der Waals surface area contributed by atoms with Crippen LogP contribution in [-0.4, -0.2) is 39.1 Å². The number of nitrogens with one attached hydrogen (secondary N) is 1. The molecule has 0 saturated carbocycles. The summed E-state index contributed by atoms with van der Waals surface area (Å²) < 4.78 is 1.52. The first-order chi connectivity index (χ1) is 14.7. The maximum absolute atomic E-state index is 13.3. The van der Waals surface area contributed by atoms with E-state index in [1.165, 1.54) is 16.7 Å². The second-order valence-corrected chi connectivity index (χ2v) is 7.84. The number of hydrogen-bond acceptors (Lipinski definition) is 4. The van der Waals surface area contributed by atoms with Gasteiger partial charge in [-0.25, -0.2) is 0 Å². The molecular weight excluding hydrogens is 443 g/mol. The van der Waals surface area contributed by atoms with Crippen LogP contribution in [0.25, 0.3) is 10.9 Å². The van der Waals surface area contributed by atoms with Crippen molar-refractivity contribution in [2.24, 2.45) is 0 Å². The number of nitrogens with zero attached hydrogens (tertiary/aromatic N) is 1. The molecule has 2 aromatic carbocycles. The molecule has 162 valence electrons. The number of aryl methyl sites for hydroxylation is 1. The molecule has 7 nitrogen and oxygen atoms in total. The molecule has 0 radical (unpaired) electrons. The highest BCUT2D eigenvalue weighted by Gasteiger charge is 2.21. The fraction of sp³-hybridized carbons (Fsp3) is 0.227. The van der Waals surface area contributed by atoms with Gasteiger partial charge in [0.2, 0.25) is 5.91 Å². The molecule has 1 heterocycles. The second-order valence-electron chi connectivity index (χ2n) is 7.03. The molecule has 0 unspecified atom stereocenters. The summed E-state index contributed by atoms with van der Waals surface area (Å²) in [4.78, 5) is 35.9. The lowest BCUT2D eigenvalue weighted by atomic mass is 10.1. The van der Waals surface area contributed by atoms with Crippen molar-refractivity contribution in [1.82, 2.24) is 9.88 Å². The molecule has 0 bridgehead atoms. The van der Waals surface area contributed by atoms with E-state index in [0.717, 1.165) is 5.56 Å². The Balaban J connectivity index is 1.94. The number of carbonyl (C=O) groups excluding carboxylic acids is 2. The molecule has 0 saturated heterocycles. The number of carboxylic acids is 1. The lowest BCUT2D eigenvalue weighted by Crippen LogP contribution is -2.26. The lowest BCUT2D eigenvalue weighted by Gasteiger charge is -2.09. The molecule has 3 aromatic rings. The quantitative estimate of drug-likeness (QED) is 0.487. The molecule has 31 heavy (non-hydrogen) atoms. The third-order valence-corrected chi connectivity index (χ3v) is 5.69. The molecule has 1 aromatic heterocycles. The molecule has 0 aliphatic carbocycles. The van der Waals surface area contributed by atoms with Crippen LogP contribution >= 0.6 is 23.2 Å². The van der Waals surface area contributed by atoms with Gasteiger partial charge in [0.15, 0.2) is 0 Å². The Morgan fingerprint density at radius 2 is 1.77 bits per heavy atom. The molecule has 0 aliphatic rings. The number of phenols is 1. The summed E-state index contributed by atoms with van der Waals surface area (Å²) in [6, 6.07) is 9.31. The van der Waals surface area contributed by atoms with Crippen LogP contribution in [0, 0.1) is 6.92 Å².